The molecule has 2 amide bonds. The van der Waals surface area contributed by atoms with Gasteiger partial charge < -0.3 is 4.90 Å². The fourth-order valence-corrected chi connectivity index (χ4v) is 1.46. The molecule has 0 saturated carbocycles. The highest BCUT2D eigenvalue weighted by molar-refractivity contribution is 5.74. The van der Waals surface area contributed by atoms with Crippen LogP contribution in [0.4, 0.5) is 4.79 Å². The molecule has 4 nitrogen and oxygen atoms in total. The number of benzene rings is 1. The van der Waals surface area contributed by atoms with Crippen molar-refractivity contribution in [1.29, 1.82) is 0 Å². The third kappa shape index (κ3) is 3.24. The Morgan fingerprint density at radius 3 is 2.31 bits per heavy atom. The van der Waals surface area contributed by atoms with E-state index in [9.17, 15) is 4.79 Å². The quantitative estimate of drug-likeness (QED) is 0.455. The molecule has 0 aliphatic carbocycles. The van der Waals surface area contributed by atoms with Gasteiger partial charge in [-0.1, -0.05) is 30.3 Å². The van der Waals surface area contributed by atoms with Crippen molar-refractivity contribution in [3.8, 4) is 0 Å². The minimum absolute atomic E-state index is 0.265. The average molecular weight is 221 g/mol. The Bertz CT molecular complexity index is 343. The Morgan fingerprint density at radius 1 is 1.31 bits per heavy atom. The van der Waals surface area contributed by atoms with E-state index in [1.807, 2.05) is 51.1 Å². The first-order chi connectivity index (χ1) is 7.45. The summed E-state index contributed by atoms with van der Waals surface area (Å²) in [4.78, 5) is 13.3. The molecule has 16 heavy (non-hydrogen) atoms. The summed E-state index contributed by atoms with van der Waals surface area (Å²) in [5, 5.41) is 0. The van der Waals surface area contributed by atoms with Crippen LogP contribution < -0.4 is 11.3 Å². The van der Waals surface area contributed by atoms with Crippen molar-refractivity contribution in [3.05, 3.63) is 35.9 Å². The molecule has 0 heterocycles. The number of hydrogen-bond acceptors (Lipinski definition) is 2. The summed E-state index contributed by atoms with van der Waals surface area (Å²) < 4.78 is 0. The van der Waals surface area contributed by atoms with Gasteiger partial charge in [0.2, 0.25) is 0 Å². The van der Waals surface area contributed by atoms with E-state index in [1.165, 1.54) is 0 Å². The lowest BCUT2D eigenvalue weighted by molar-refractivity contribution is 0.140. The van der Waals surface area contributed by atoms with E-state index in [-0.39, 0.29) is 11.6 Å². The van der Waals surface area contributed by atoms with Crippen molar-refractivity contribution in [3.63, 3.8) is 0 Å². The van der Waals surface area contributed by atoms with Crippen molar-refractivity contribution >= 4 is 6.03 Å². The van der Waals surface area contributed by atoms with Gasteiger partial charge in [0.05, 0.1) is 0 Å². The molecule has 1 rings (SSSR count). The molecule has 0 spiro atoms. The van der Waals surface area contributed by atoms with Crippen LogP contribution >= 0.6 is 0 Å². The zero-order chi connectivity index (χ0) is 12.2. The molecular weight excluding hydrogens is 202 g/mol. The minimum atomic E-state index is -0.267. The minimum Gasteiger partial charge on any atom is -0.315 e. The summed E-state index contributed by atoms with van der Waals surface area (Å²) in [7, 11) is 0. The second-order valence-electron chi connectivity index (χ2n) is 4.69. The zero-order valence-corrected chi connectivity index (χ0v) is 10.0. The highest BCUT2D eigenvalue weighted by Gasteiger charge is 2.25. The lowest BCUT2D eigenvalue weighted by Gasteiger charge is -2.35. The van der Waals surface area contributed by atoms with E-state index >= 15 is 0 Å². The van der Waals surface area contributed by atoms with E-state index in [2.05, 4.69) is 5.43 Å². The molecule has 3 N–H and O–H groups in total. The van der Waals surface area contributed by atoms with E-state index in [0.29, 0.717) is 6.54 Å². The standard InChI is InChI=1S/C12H19N3O/c1-12(2,3)15(11(16)14-13)9-10-7-5-4-6-8-10/h4-8H,9,13H2,1-3H3,(H,14,16). The molecule has 0 radical (unpaired) electrons. The maximum atomic E-state index is 11.7. The molecule has 0 atom stereocenters. The lowest BCUT2D eigenvalue weighted by Crippen LogP contribution is -2.51. The van der Waals surface area contributed by atoms with E-state index < -0.39 is 0 Å². The van der Waals surface area contributed by atoms with Crippen LogP contribution in [-0.2, 0) is 6.54 Å². The number of nitrogens with one attached hydrogen (secondary N) is 1. The SMILES string of the molecule is CC(C)(C)N(Cc1ccccc1)C(=O)NN. The first-order valence-electron chi connectivity index (χ1n) is 5.27. The van der Waals surface area contributed by atoms with Crippen molar-refractivity contribution in [2.75, 3.05) is 0 Å². The van der Waals surface area contributed by atoms with Gasteiger partial charge >= 0.3 is 6.03 Å². The Balaban J connectivity index is 2.84. The molecule has 1 aromatic rings. The molecule has 0 bridgehead atoms. The molecule has 4 heteroatoms. The van der Waals surface area contributed by atoms with Crippen LogP contribution in [0, 0.1) is 0 Å². The van der Waals surface area contributed by atoms with Crippen LogP contribution in [0.1, 0.15) is 26.3 Å². The van der Waals surface area contributed by atoms with Gasteiger partial charge in [-0.25, -0.2) is 10.6 Å². The summed E-state index contributed by atoms with van der Waals surface area (Å²) in [5.74, 6) is 5.18. The summed E-state index contributed by atoms with van der Waals surface area (Å²) >= 11 is 0. The smallest absolute Gasteiger partial charge is 0.315 e. The zero-order valence-electron chi connectivity index (χ0n) is 10.0. The van der Waals surface area contributed by atoms with Gasteiger partial charge in [0.25, 0.3) is 0 Å². The first kappa shape index (κ1) is 12.5. The summed E-state index contributed by atoms with van der Waals surface area (Å²) in [6.45, 7) is 6.48. The number of hydrogen-bond donors (Lipinski definition) is 2. The number of rotatable bonds is 2. The summed E-state index contributed by atoms with van der Waals surface area (Å²) in [6, 6.07) is 9.57. The molecule has 0 unspecified atom stereocenters. The van der Waals surface area contributed by atoms with E-state index in [1.54, 1.807) is 4.90 Å². The largest absolute Gasteiger partial charge is 0.332 e. The van der Waals surface area contributed by atoms with Crippen LogP contribution in [0.3, 0.4) is 0 Å². The van der Waals surface area contributed by atoms with Gasteiger partial charge in [0.1, 0.15) is 0 Å². The van der Waals surface area contributed by atoms with Crippen LogP contribution in [-0.4, -0.2) is 16.5 Å². The van der Waals surface area contributed by atoms with Crippen LogP contribution in [0.5, 0.6) is 0 Å². The van der Waals surface area contributed by atoms with Crippen LogP contribution in [0.15, 0.2) is 30.3 Å². The Labute approximate surface area is 96.4 Å². The molecule has 1 aromatic carbocycles. The predicted octanol–water partition coefficient (Wildman–Crippen LogP) is 1.87. The fourth-order valence-electron chi connectivity index (χ4n) is 1.46. The molecule has 0 aliphatic rings. The third-order valence-electron chi connectivity index (χ3n) is 2.36. The van der Waals surface area contributed by atoms with Gasteiger partial charge in [-0.2, -0.15) is 0 Å². The fraction of sp³-hybridized carbons (Fsp3) is 0.417. The Hall–Kier alpha value is -1.55. The highest BCUT2D eigenvalue weighted by atomic mass is 16.2. The maximum Gasteiger partial charge on any atom is 0.332 e. The average Bonchev–Trinajstić information content (AvgIpc) is 2.25. The molecule has 88 valence electrons. The maximum absolute atomic E-state index is 11.7. The summed E-state index contributed by atoms with van der Waals surface area (Å²) in [6.07, 6.45) is 0. The van der Waals surface area contributed by atoms with Crippen molar-refractivity contribution < 1.29 is 4.79 Å². The topological polar surface area (TPSA) is 58.4 Å². The van der Waals surface area contributed by atoms with Gasteiger partial charge in [-0.15, -0.1) is 0 Å². The molecule has 0 aromatic heterocycles. The lowest BCUT2D eigenvalue weighted by atomic mass is 10.1. The number of carbonyl (C=O) groups is 1. The predicted molar refractivity (Wildman–Crippen MR) is 64.5 cm³/mol. The number of hydrazine groups is 1. The van der Waals surface area contributed by atoms with Gasteiger partial charge in [0.15, 0.2) is 0 Å². The van der Waals surface area contributed by atoms with Gasteiger partial charge in [-0.3, -0.25) is 5.43 Å². The number of nitrogens with two attached hydrogens (primary N) is 1. The first-order valence-corrected chi connectivity index (χ1v) is 5.27. The number of carbonyl (C=O) groups excluding carboxylic acids is 1. The van der Waals surface area contributed by atoms with Crippen molar-refractivity contribution in [1.82, 2.24) is 10.3 Å². The Morgan fingerprint density at radius 2 is 1.88 bits per heavy atom. The van der Waals surface area contributed by atoms with E-state index in [4.69, 9.17) is 5.84 Å². The van der Waals surface area contributed by atoms with Crippen molar-refractivity contribution in [2.24, 2.45) is 5.84 Å². The monoisotopic (exact) mass is 221 g/mol. The van der Waals surface area contributed by atoms with Crippen molar-refractivity contribution in [2.45, 2.75) is 32.9 Å². The number of amides is 2. The van der Waals surface area contributed by atoms with E-state index in [0.717, 1.165) is 5.56 Å². The molecule has 0 aliphatic heterocycles. The van der Waals surface area contributed by atoms with Gasteiger partial charge in [-0.05, 0) is 26.3 Å². The Kier molecular flexibility index (Phi) is 3.90. The van der Waals surface area contributed by atoms with Crippen LogP contribution in [0.2, 0.25) is 0 Å². The second-order valence-corrected chi connectivity index (χ2v) is 4.69. The summed E-state index contributed by atoms with van der Waals surface area (Å²) in [5.41, 5.74) is 3.00. The van der Waals surface area contributed by atoms with Gasteiger partial charge in [0, 0.05) is 12.1 Å². The molecule has 0 saturated heterocycles. The second kappa shape index (κ2) is 4.99. The normalized spacial score (nSPS) is 11.0. The number of nitrogens with zero attached hydrogens (tertiary/aromatic N) is 1. The number of urea groups is 1. The highest BCUT2D eigenvalue weighted by Crippen LogP contribution is 2.17. The third-order valence-corrected chi connectivity index (χ3v) is 2.36. The van der Waals surface area contributed by atoms with Crippen LogP contribution in [0.25, 0.3) is 0 Å². The molecular formula is C12H19N3O. The molecule has 0 fully saturated rings.